The third-order valence-electron chi connectivity index (χ3n) is 2.00. The van der Waals surface area contributed by atoms with Crippen molar-refractivity contribution in [3.05, 3.63) is 33.3 Å². The fourth-order valence-electron chi connectivity index (χ4n) is 1.25. The van der Waals surface area contributed by atoms with E-state index in [0.717, 1.165) is 6.92 Å². The van der Waals surface area contributed by atoms with E-state index in [4.69, 9.17) is 0 Å². The van der Waals surface area contributed by atoms with E-state index in [9.17, 15) is 18.0 Å². The van der Waals surface area contributed by atoms with E-state index in [1.807, 2.05) is 0 Å². The number of hydrogen-bond acceptors (Lipinski definition) is 1. The van der Waals surface area contributed by atoms with E-state index < -0.39 is 17.5 Å². The van der Waals surface area contributed by atoms with Crippen LogP contribution in [0, 0.1) is 6.92 Å². The third kappa shape index (κ3) is 2.40. The molecule has 0 saturated heterocycles. The van der Waals surface area contributed by atoms with Gasteiger partial charge >= 0.3 is 6.18 Å². The molecule has 0 unspecified atom stereocenters. The number of rotatable bonds is 1. The first kappa shape index (κ1) is 12.2. The zero-order valence-corrected chi connectivity index (χ0v) is 9.66. The molecule has 0 amide bonds. The van der Waals surface area contributed by atoms with Gasteiger partial charge in [0.05, 0.1) is 5.56 Å². The fourth-order valence-corrected chi connectivity index (χ4v) is 1.82. The van der Waals surface area contributed by atoms with Crippen LogP contribution >= 0.6 is 15.9 Å². The molecule has 0 aromatic heterocycles. The summed E-state index contributed by atoms with van der Waals surface area (Å²) in [7, 11) is 0. The summed E-state index contributed by atoms with van der Waals surface area (Å²) in [6.07, 6.45) is -4.52. The quantitative estimate of drug-likeness (QED) is 0.711. The molecule has 0 bridgehead atoms. The van der Waals surface area contributed by atoms with E-state index in [2.05, 4.69) is 15.9 Å². The molecule has 0 spiro atoms. The van der Waals surface area contributed by atoms with Gasteiger partial charge in [-0.1, -0.05) is 12.1 Å². The van der Waals surface area contributed by atoms with Gasteiger partial charge in [-0.25, -0.2) is 0 Å². The van der Waals surface area contributed by atoms with Gasteiger partial charge in [0.15, 0.2) is 5.78 Å². The Bertz CT molecular complexity index is 410. The Labute approximate surface area is 93.4 Å². The van der Waals surface area contributed by atoms with Gasteiger partial charge in [-0.3, -0.25) is 4.79 Å². The van der Waals surface area contributed by atoms with Crippen LogP contribution in [-0.2, 0) is 6.18 Å². The third-order valence-corrected chi connectivity index (χ3v) is 3.02. The molecular formula is C10H8BrF3O. The summed E-state index contributed by atoms with van der Waals surface area (Å²) >= 11 is 2.86. The number of Topliss-reactive ketones (excluding diaryl/α,β-unsaturated/α-hetero) is 1. The van der Waals surface area contributed by atoms with Gasteiger partial charge in [0.1, 0.15) is 0 Å². The van der Waals surface area contributed by atoms with Crippen LogP contribution in [0.2, 0.25) is 0 Å². The van der Waals surface area contributed by atoms with Crippen LogP contribution in [0.1, 0.15) is 28.4 Å². The number of ketones is 1. The molecule has 0 aliphatic carbocycles. The summed E-state index contributed by atoms with van der Waals surface area (Å²) in [6, 6.07) is 2.68. The molecule has 1 aromatic carbocycles. The topological polar surface area (TPSA) is 17.1 Å². The first-order valence-corrected chi connectivity index (χ1v) is 4.91. The SMILES string of the molecule is CC(=O)c1ccc(C)c(Br)c1C(F)(F)F. The molecule has 5 heteroatoms. The van der Waals surface area contributed by atoms with E-state index in [1.165, 1.54) is 12.1 Å². The predicted molar refractivity (Wildman–Crippen MR) is 53.9 cm³/mol. The van der Waals surface area contributed by atoms with E-state index >= 15 is 0 Å². The molecule has 0 heterocycles. The standard InChI is InChI=1S/C10H8BrF3O/c1-5-3-4-7(6(2)15)8(9(5)11)10(12,13)14/h3-4H,1-2H3. The van der Waals surface area contributed by atoms with E-state index in [1.54, 1.807) is 6.92 Å². The molecule has 0 N–H and O–H groups in total. The van der Waals surface area contributed by atoms with Crippen molar-refractivity contribution in [2.75, 3.05) is 0 Å². The predicted octanol–water partition coefficient (Wildman–Crippen LogP) is 3.98. The number of benzene rings is 1. The first-order chi connectivity index (χ1) is 6.75. The number of halogens is 4. The minimum Gasteiger partial charge on any atom is -0.294 e. The molecule has 0 radical (unpaired) electrons. The summed E-state index contributed by atoms with van der Waals surface area (Å²) in [6.45, 7) is 2.66. The monoisotopic (exact) mass is 280 g/mol. The van der Waals surface area contributed by atoms with Crippen molar-refractivity contribution >= 4 is 21.7 Å². The molecule has 15 heavy (non-hydrogen) atoms. The molecule has 82 valence electrons. The van der Waals surface area contributed by atoms with Gasteiger partial charge in [-0.2, -0.15) is 13.2 Å². The van der Waals surface area contributed by atoms with Gasteiger partial charge < -0.3 is 0 Å². The second kappa shape index (κ2) is 3.96. The number of hydrogen-bond donors (Lipinski definition) is 0. The highest BCUT2D eigenvalue weighted by Crippen LogP contribution is 2.38. The van der Waals surface area contributed by atoms with Crippen LogP contribution in [0.25, 0.3) is 0 Å². The molecular weight excluding hydrogens is 273 g/mol. The minimum absolute atomic E-state index is 0.0669. The lowest BCUT2D eigenvalue weighted by Gasteiger charge is -2.14. The summed E-state index contributed by atoms with van der Waals surface area (Å²) in [5.74, 6) is -0.594. The summed E-state index contributed by atoms with van der Waals surface area (Å²) in [4.78, 5) is 11.1. The number of carbonyl (C=O) groups is 1. The van der Waals surface area contributed by atoms with E-state index in [-0.39, 0.29) is 10.0 Å². The molecule has 1 nitrogen and oxygen atoms in total. The molecule has 0 aliphatic rings. The van der Waals surface area contributed by atoms with Crippen LogP contribution in [0.3, 0.4) is 0 Å². The molecule has 0 atom stereocenters. The Morgan fingerprint density at radius 2 is 1.87 bits per heavy atom. The Balaban J connectivity index is 3.57. The van der Waals surface area contributed by atoms with Gasteiger partial charge in [0.25, 0.3) is 0 Å². The van der Waals surface area contributed by atoms with Crippen molar-refractivity contribution in [1.29, 1.82) is 0 Å². The van der Waals surface area contributed by atoms with Gasteiger partial charge in [-0.15, -0.1) is 0 Å². The maximum atomic E-state index is 12.7. The molecule has 0 aliphatic heterocycles. The Morgan fingerprint density at radius 1 is 1.33 bits per heavy atom. The minimum atomic E-state index is -4.52. The Morgan fingerprint density at radius 3 is 2.27 bits per heavy atom. The van der Waals surface area contributed by atoms with Gasteiger partial charge in [0.2, 0.25) is 0 Å². The van der Waals surface area contributed by atoms with Crippen LogP contribution in [0.15, 0.2) is 16.6 Å². The summed E-state index contributed by atoms with van der Waals surface area (Å²) in [5.41, 5.74) is -0.748. The average molecular weight is 281 g/mol. The van der Waals surface area contributed by atoms with Gasteiger partial charge in [0, 0.05) is 10.0 Å². The van der Waals surface area contributed by atoms with Crippen LogP contribution in [0.5, 0.6) is 0 Å². The largest absolute Gasteiger partial charge is 0.418 e. The lowest BCUT2D eigenvalue weighted by molar-refractivity contribution is -0.138. The van der Waals surface area contributed by atoms with Crippen LogP contribution in [-0.4, -0.2) is 5.78 Å². The normalized spacial score (nSPS) is 11.6. The molecule has 1 rings (SSSR count). The zero-order valence-electron chi connectivity index (χ0n) is 8.07. The number of aryl methyl sites for hydroxylation is 1. The van der Waals surface area contributed by atoms with Crippen molar-refractivity contribution in [2.45, 2.75) is 20.0 Å². The van der Waals surface area contributed by atoms with Crippen LogP contribution < -0.4 is 0 Å². The second-order valence-corrected chi connectivity index (χ2v) is 3.97. The molecule has 1 aromatic rings. The fraction of sp³-hybridized carbons (Fsp3) is 0.300. The highest BCUT2D eigenvalue weighted by molar-refractivity contribution is 9.10. The van der Waals surface area contributed by atoms with Crippen molar-refractivity contribution in [2.24, 2.45) is 0 Å². The smallest absolute Gasteiger partial charge is 0.294 e. The summed E-state index contributed by atoms with van der Waals surface area (Å²) < 4.78 is 37.9. The zero-order chi connectivity index (χ0) is 11.8. The summed E-state index contributed by atoms with van der Waals surface area (Å²) in [5, 5.41) is 0. The highest BCUT2D eigenvalue weighted by Gasteiger charge is 2.37. The van der Waals surface area contributed by atoms with Crippen molar-refractivity contribution < 1.29 is 18.0 Å². The average Bonchev–Trinajstić information content (AvgIpc) is 2.06. The van der Waals surface area contributed by atoms with Crippen LogP contribution in [0.4, 0.5) is 13.2 Å². The highest BCUT2D eigenvalue weighted by atomic mass is 79.9. The number of alkyl halides is 3. The molecule has 0 fully saturated rings. The first-order valence-electron chi connectivity index (χ1n) is 4.12. The Kier molecular flexibility index (Phi) is 3.23. The lowest BCUT2D eigenvalue weighted by atomic mass is 10.0. The maximum Gasteiger partial charge on any atom is 0.418 e. The van der Waals surface area contributed by atoms with Gasteiger partial charge in [-0.05, 0) is 35.3 Å². The van der Waals surface area contributed by atoms with E-state index in [0.29, 0.717) is 5.56 Å². The number of carbonyl (C=O) groups excluding carboxylic acids is 1. The Hall–Kier alpha value is -0.840. The lowest BCUT2D eigenvalue weighted by Crippen LogP contribution is -2.13. The molecule has 0 saturated carbocycles. The second-order valence-electron chi connectivity index (χ2n) is 3.17. The maximum absolute atomic E-state index is 12.7. The van der Waals surface area contributed by atoms with Crippen molar-refractivity contribution in [3.8, 4) is 0 Å². The van der Waals surface area contributed by atoms with Crippen molar-refractivity contribution in [3.63, 3.8) is 0 Å². The van der Waals surface area contributed by atoms with Crippen molar-refractivity contribution in [1.82, 2.24) is 0 Å².